The summed E-state index contributed by atoms with van der Waals surface area (Å²) in [7, 11) is 0. The second-order valence-electron chi connectivity index (χ2n) is 26.3. The van der Waals surface area contributed by atoms with Crippen LogP contribution in [0, 0.1) is 12.8 Å². The summed E-state index contributed by atoms with van der Waals surface area (Å²) < 4.78 is 16.8. The van der Waals surface area contributed by atoms with Gasteiger partial charge in [0, 0.05) is 29.1 Å². The zero-order chi connectivity index (χ0) is 66.2. The normalized spacial score (nSPS) is 21.9. The van der Waals surface area contributed by atoms with E-state index in [9.17, 15) is 0 Å². The average molecular weight is 1250 g/mol. The number of fused-ring (bicyclic) bond motifs is 3. The molecule has 0 spiro atoms. The van der Waals surface area contributed by atoms with Crippen molar-refractivity contribution in [2.75, 3.05) is 6.61 Å². The summed E-state index contributed by atoms with van der Waals surface area (Å²) in [6.07, 6.45) is 52.0. The Hall–Kier alpha value is -10.5. The molecule has 0 fully saturated rings. The molecule has 3 heterocycles. The summed E-state index contributed by atoms with van der Waals surface area (Å²) in [5.41, 5.74) is 29.5. The van der Waals surface area contributed by atoms with Crippen LogP contribution in [0.1, 0.15) is 128 Å². The highest BCUT2D eigenvalue weighted by Crippen LogP contribution is 2.47. The summed E-state index contributed by atoms with van der Waals surface area (Å²) in [6.45, 7) is 30.1. The standard InChI is InChI=1S/C93H87NO2/c1-10-30-82-81(12-3)93(73-40-26-17-27-41-73)91-65(7)56-80(61-86(91)92(82)72-38-24-16-25-39-72)94-87(49-44-63(5)54-90-83(58-68(11-2)69-32-18-13-19-33-69)64(6)55-75(43-29-52-95-90)70-34-20-14-21-35-70)66(8)84-60-78(47-50-88(84)94)85-59-77(71-36-22-15-23-37-71)45-46-79-57-76(48-51-89(79)96-67(85)9)74-42-28-31-62(4)53-74/h10-14,16-22,24-45,48-49,51,55,57-62,65,67H,1-2,5-6,15,23,46-47,50,52-54,56H2,3-4,7-9H3/b43-29-,49-44-,68-58+,75-55+,77-45+,81-12+,82-30+,85-59+,90-83-/t62?,65-,67?/m1/s1. The van der Waals surface area contributed by atoms with Crippen LogP contribution in [0.2, 0.25) is 0 Å². The third-order valence-corrected chi connectivity index (χ3v) is 19.8. The van der Waals surface area contributed by atoms with E-state index in [1.165, 1.54) is 105 Å². The molecular weight excluding hydrogens is 1160 g/mol. The van der Waals surface area contributed by atoms with Gasteiger partial charge in [0.2, 0.25) is 0 Å². The zero-order valence-electron chi connectivity index (χ0n) is 56.5. The molecule has 7 aromatic rings. The Morgan fingerprint density at radius 2 is 1.41 bits per heavy atom. The van der Waals surface area contributed by atoms with Crippen LogP contribution >= 0.6 is 0 Å². The largest absolute Gasteiger partial charge is 0.493 e. The second kappa shape index (κ2) is 29.0. The predicted molar refractivity (Wildman–Crippen MR) is 411 cm³/mol. The van der Waals surface area contributed by atoms with E-state index in [4.69, 9.17) is 22.6 Å². The lowest BCUT2D eigenvalue weighted by atomic mass is 9.76. The Kier molecular flexibility index (Phi) is 19.4. The fraction of sp³-hybridized carbons (Fsp3) is 0.183. The number of hydrogen-bond donors (Lipinski definition) is 0. The topological polar surface area (TPSA) is 23.4 Å². The summed E-state index contributed by atoms with van der Waals surface area (Å²) in [5.74, 6) is 2.40. The third-order valence-electron chi connectivity index (χ3n) is 19.8. The van der Waals surface area contributed by atoms with Gasteiger partial charge >= 0.3 is 0 Å². The number of ether oxygens (including phenoxy) is 2. The predicted octanol–water partition coefficient (Wildman–Crippen LogP) is 22.6. The van der Waals surface area contributed by atoms with Crippen molar-refractivity contribution >= 4 is 52.8 Å². The summed E-state index contributed by atoms with van der Waals surface area (Å²) in [4.78, 5) is 0. The SMILES string of the molecule is C=C/C=c1/c(-c2ccccc2)c2c(c(-c3ccccc3)/c1=C/C)[C@H](C)CC(n1c(/C=C\C(=C)C/C3=C(\C=C(/C=C)c4ccccc4)C(=C)/C=C(c4ccccc4)\C=C/CO3)c(C)c3c1CCC(/C1=C/C(C4=CCCC=C4)=C\Cc4cc(C5=CC=CC(C)C5)ccc4OC1C)=C3)=C2. The Balaban J connectivity index is 0.981. The zero-order valence-corrected chi connectivity index (χ0v) is 56.5. The second-order valence-corrected chi connectivity index (χ2v) is 26.3. The Morgan fingerprint density at radius 1 is 0.688 bits per heavy atom. The number of rotatable bonds is 15. The van der Waals surface area contributed by atoms with Crippen molar-refractivity contribution in [3.05, 3.63) is 368 Å². The number of benzene rings is 6. The number of hydrogen-bond acceptors (Lipinski definition) is 2. The van der Waals surface area contributed by atoms with Gasteiger partial charge in [-0.15, -0.1) is 0 Å². The molecule has 0 saturated heterocycles. The summed E-state index contributed by atoms with van der Waals surface area (Å²) in [5, 5.41) is 2.40. The van der Waals surface area contributed by atoms with Crippen LogP contribution in [0.4, 0.5) is 0 Å². The smallest absolute Gasteiger partial charge is 0.123 e. The molecule has 476 valence electrons. The fourth-order valence-electron chi connectivity index (χ4n) is 15.0. The highest BCUT2D eigenvalue weighted by molar-refractivity contribution is 5.93. The maximum Gasteiger partial charge on any atom is 0.123 e. The van der Waals surface area contributed by atoms with Gasteiger partial charge in [-0.1, -0.05) is 247 Å². The van der Waals surface area contributed by atoms with Gasteiger partial charge in [-0.2, -0.15) is 0 Å². The maximum atomic E-state index is 7.25. The van der Waals surface area contributed by atoms with E-state index in [2.05, 4.69) is 295 Å². The number of nitrogens with zero attached hydrogens (tertiary/aromatic N) is 1. The van der Waals surface area contributed by atoms with Crippen LogP contribution < -0.4 is 15.2 Å². The van der Waals surface area contributed by atoms with Crippen LogP contribution in [-0.4, -0.2) is 17.3 Å². The van der Waals surface area contributed by atoms with Crippen LogP contribution in [-0.2, 0) is 17.6 Å². The van der Waals surface area contributed by atoms with Crippen molar-refractivity contribution in [2.45, 2.75) is 98.0 Å². The minimum atomic E-state index is -0.226. The lowest BCUT2D eigenvalue weighted by Crippen LogP contribution is -2.33. The Morgan fingerprint density at radius 3 is 2.10 bits per heavy atom. The van der Waals surface area contributed by atoms with E-state index in [0.717, 1.165) is 101 Å². The fourth-order valence-corrected chi connectivity index (χ4v) is 15.0. The number of aromatic nitrogens is 1. The molecule has 96 heavy (non-hydrogen) atoms. The average Bonchev–Trinajstić information content (AvgIpc) is 1.14. The van der Waals surface area contributed by atoms with Gasteiger partial charge in [0.25, 0.3) is 0 Å². The molecule has 4 aliphatic carbocycles. The third kappa shape index (κ3) is 13.5. The molecule has 0 bridgehead atoms. The van der Waals surface area contributed by atoms with E-state index in [-0.39, 0.29) is 12.0 Å². The summed E-state index contributed by atoms with van der Waals surface area (Å²) >= 11 is 0. The van der Waals surface area contributed by atoms with E-state index < -0.39 is 0 Å². The van der Waals surface area contributed by atoms with Gasteiger partial charge in [0.05, 0.1) is 0 Å². The molecule has 0 N–H and O–H groups in total. The van der Waals surface area contributed by atoms with Gasteiger partial charge in [-0.25, -0.2) is 0 Å². The molecule has 0 amide bonds. The first-order valence-corrected chi connectivity index (χ1v) is 34.4. The molecule has 2 unspecified atom stereocenters. The molecular formula is C93H87NO2. The van der Waals surface area contributed by atoms with Crippen molar-refractivity contribution in [1.82, 2.24) is 4.57 Å². The van der Waals surface area contributed by atoms with E-state index >= 15 is 0 Å². The first-order chi connectivity index (χ1) is 47.0. The lowest BCUT2D eigenvalue weighted by Gasteiger charge is -2.31. The molecule has 13 rings (SSSR count). The van der Waals surface area contributed by atoms with E-state index in [1.54, 1.807) is 0 Å². The minimum Gasteiger partial charge on any atom is -0.493 e. The number of allylic oxidation sites excluding steroid dienone is 23. The highest BCUT2D eigenvalue weighted by Gasteiger charge is 2.32. The van der Waals surface area contributed by atoms with Crippen molar-refractivity contribution in [3.8, 4) is 28.0 Å². The molecule has 3 atom stereocenters. The quantitative estimate of drug-likeness (QED) is 0.0955. The van der Waals surface area contributed by atoms with Gasteiger partial charge in [0.15, 0.2) is 0 Å². The Bertz CT molecular complexity index is 4810. The van der Waals surface area contributed by atoms with Crippen molar-refractivity contribution in [1.29, 1.82) is 0 Å². The monoisotopic (exact) mass is 1250 g/mol. The highest BCUT2D eigenvalue weighted by atomic mass is 16.5. The molecule has 0 saturated carbocycles. The van der Waals surface area contributed by atoms with Crippen molar-refractivity contribution in [3.63, 3.8) is 0 Å². The first kappa shape index (κ1) is 64.2. The van der Waals surface area contributed by atoms with E-state index in [0.29, 0.717) is 18.9 Å². The van der Waals surface area contributed by atoms with Crippen LogP contribution in [0.25, 0.3) is 75.1 Å². The Labute approximate surface area is 570 Å². The van der Waals surface area contributed by atoms with Crippen LogP contribution in [0.5, 0.6) is 5.75 Å². The van der Waals surface area contributed by atoms with Gasteiger partial charge in [-0.3, -0.25) is 0 Å². The van der Waals surface area contributed by atoms with Crippen molar-refractivity contribution < 1.29 is 9.47 Å². The molecule has 3 nitrogen and oxygen atoms in total. The molecule has 6 aliphatic rings. The van der Waals surface area contributed by atoms with Gasteiger partial charge < -0.3 is 14.0 Å². The van der Waals surface area contributed by atoms with E-state index in [1.807, 2.05) is 18.2 Å². The summed E-state index contributed by atoms with van der Waals surface area (Å²) in [6, 6.07) is 49.7. The van der Waals surface area contributed by atoms with Gasteiger partial charge in [-0.05, 0) is 260 Å². The molecule has 2 aliphatic heterocycles. The molecule has 0 radical (unpaired) electrons. The molecule has 6 aromatic carbocycles. The molecule has 3 heteroatoms. The van der Waals surface area contributed by atoms with Crippen molar-refractivity contribution in [2.24, 2.45) is 5.92 Å². The maximum absolute atomic E-state index is 7.25. The minimum absolute atomic E-state index is 0.150. The lowest BCUT2D eigenvalue weighted by molar-refractivity contribution is 0.239. The van der Waals surface area contributed by atoms with Crippen LogP contribution in [0.3, 0.4) is 0 Å². The molecule has 1 aromatic heterocycles. The van der Waals surface area contributed by atoms with Gasteiger partial charge in [0.1, 0.15) is 24.2 Å². The first-order valence-electron chi connectivity index (χ1n) is 34.4. The van der Waals surface area contributed by atoms with Crippen LogP contribution in [0.15, 0.2) is 302 Å².